The van der Waals surface area contributed by atoms with Crippen molar-refractivity contribution in [3.8, 4) is 0 Å². The number of rotatable bonds is 3. The molecule has 1 aromatic rings. The molecular formula is C13H18N2OS. The van der Waals surface area contributed by atoms with Gasteiger partial charge in [0.05, 0.1) is 6.10 Å². The smallest absolute Gasteiger partial charge is 0.103 e. The van der Waals surface area contributed by atoms with Crippen LogP contribution < -0.4 is 5.73 Å². The van der Waals surface area contributed by atoms with Crippen LogP contribution in [0.2, 0.25) is 0 Å². The highest BCUT2D eigenvalue weighted by atomic mass is 32.1. The molecule has 0 aromatic heterocycles. The van der Waals surface area contributed by atoms with Crippen molar-refractivity contribution in [1.29, 1.82) is 0 Å². The van der Waals surface area contributed by atoms with Gasteiger partial charge in [-0.1, -0.05) is 36.5 Å². The number of hydrogen-bond donors (Lipinski definition) is 2. The minimum Gasteiger partial charge on any atom is -0.392 e. The van der Waals surface area contributed by atoms with Gasteiger partial charge in [0, 0.05) is 18.7 Å². The quantitative estimate of drug-likeness (QED) is 0.793. The summed E-state index contributed by atoms with van der Waals surface area (Å²) in [4.78, 5) is 2.72. The maximum absolute atomic E-state index is 9.60. The van der Waals surface area contributed by atoms with Crippen LogP contribution in [0, 0.1) is 0 Å². The molecule has 0 spiro atoms. The molecule has 1 unspecified atom stereocenters. The van der Waals surface area contributed by atoms with Gasteiger partial charge >= 0.3 is 0 Å². The monoisotopic (exact) mass is 250 g/mol. The molecule has 0 saturated carbocycles. The number of aliphatic hydroxyl groups is 1. The lowest BCUT2D eigenvalue weighted by Gasteiger charge is -2.29. The van der Waals surface area contributed by atoms with Gasteiger partial charge in [-0.15, -0.1) is 0 Å². The van der Waals surface area contributed by atoms with E-state index in [0.717, 1.165) is 38.0 Å². The second kappa shape index (κ2) is 5.58. The summed E-state index contributed by atoms with van der Waals surface area (Å²) in [5.41, 5.74) is 7.69. The van der Waals surface area contributed by atoms with E-state index in [-0.39, 0.29) is 6.10 Å². The molecule has 1 aromatic carbocycles. The summed E-state index contributed by atoms with van der Waals surface area (Å²) in [5.74, 6) is 0. The van der Waals surface area contributed by atoms with Gasteiger partial charge in [0.25, 0.3) is 0 Å². The van der Waals surface area contributed by atoms with Crippen LogP contribution in [0.1, 0.15) is 24.0 Å². The van der Waals surface area contributed by atoms with Crippen LogP contribution >= 0.6 is 12.2 Å². The Balaban J connectivity index is 1.96. The number of thiocarbonyl (C=S) groups is 1. The number of likely N-dealkylation sites (tertiary alicyclic amines) is 1. The van der Waals surface area contributed by atoms with Crippen LogP contribution in [-0.2, 0) is 6.54 Å². The second-order valence-corrected chi connectivity index (χ2v) is 5.03. The highest BCUT2D eigenvalue weighted by Crippen LogP contribution is 2.14. The van der Waals surface area contributed by atoms with Gasteiger partial charge in [0.15, 0.2) is 0 Å². The molecule has 1 atom stereocenters. The molecule has 3 N–H and O–H groups in total. The maximum Gasteiger partial charge on any atom is 0.103 e. The number of β-amino-alcohol motifs (C(OH)–C–C–N with tert-alkyl or cyclic N) is 1. The van der Waals surface area contributed by atoms with Crippen LogP contribution in [0.25, 0.3) is 0 Å². The number of hydrogen-bond acceptors (Lipinski definition) is 3. The molecule has 1 fully saturated rings. The Morgan fingerprint density at radius 2 is 2.12 bits per heavy atom. The van der Waals surface area contributed by atoms with E-state index in [2.05, 4.69) is 17.0 Å². The Morgan fingerprint density at radius 3 is 2.71 bits per heavy atom. The lowest BCUT2D eigenvalue weighted by molar-refractivity contribution is 0.0668. The van der Waals surface area contributed by atoms with E-state index in [1.54, 1.807) is 0 Å². The summed E-state index contributed by atoms with van der Waals surface area (Å²) >= 11 is 4.92. The van der Waals surface area contributed by atoms with Gasteiger partial charge < -0.3 is 10.8 Å². The molecule has 0 aliphatic carbocycles. The van der Waals surface area contributed by atoms with Crippen LogP contribution in [0.5, 0.6) is 0 Å². The first-order chi connectivity index (χ1) is 8.15. The zero-order valence-electron chi connectivity index (χ0n) is 9.80. The molecule has 1 aliphatic rings. The number of benzene rings is 1. The average Bonchev–Trinajstić information content (AvgIpc) is 2.29. The zero-order chi connectivity index (χ0) is 12.3. The SMILES string of the molecule is NC(=S)c1ccc(CN2CCCC(O)C2)cc1. The van der Waals surface area contributed by atoms with Crippen molar-refractivity contribution in [1.82, 2.24) is 4.90 Å². The van der Waals surface area contributed by atoms with Crippen molar-refractivity contribution in [3.63, 3.8) is 0 Å². The Morgan fingerprint density at radius 1 is 1.41 bits per heavy atom. The molecule has 2 rings (SSSR count). The lowest BCUT2D eigenvalue weighted by Crippen LogP contribution is -2.37. The molecule has 0 amide bonds. The van der Waals surface area contributed by atoms with Gasteiger partial charge in [0.1, 0.15) is 4.99 Å². The zero-order valence-corrected chi connectivity index (χ0v) is 10.6. The number of piperidine rings is 1. The molecule has 1 aliphatic heterocycles. The molecule has 4 heteroatoms. The number of nitrogens with zero attached hydrogens (tertiary/aromatic N) is 1. The predicted octanol–water partition coefficient (Wildman–Crippen LogP) is 1.28. The number of aliphatic hydroxyl groups excluding tert-OH is 1. The van der Waals surface area contributed by atoms with Crippen molar-refractivity contribution in [2.45, 2.75) is 25.5 Å². The summed E-state index contributed by atoms with van der Waals surface area (Å²) in [6.45, 7) is 2.72. The van der Waals surface area contributed by atoms with Gasteiger partial charge in [-0.2, -0.15) is 0 Å². The summed E-state index contributed by atoms with van der Waals surface area (Å²) in [6.07, 6.45) is 1.84. The van der Waals surface area contributed by atoms with E-state index in [0.29, 0.717) is 4.99 Å². The molecule has 1 saturated heterocycles. The molecule has 3 nitrogen and oxygen atoms in total. The summed E-state index contributed by atoms with van der Waals surface area (Å²) in [7, 11) is 0. The molecule has 0 radical (unpaired) electrons. The third-order valence-corrected chi connectivity index (χ3v) is 3.36. The first kappa shape index (κ1) is 12.5. The van der Waals surface area contributed by atoms with Crippen molar-refractivity contribution in [2.75, 3.05) is 13.1 Å². The van der Waals surface area contributed by atoms with Crippen molar-refractivity contribution in [2.24, 2.45) is 5.73 Å². The predicted molar refractivity (Wildman–Crippen MR) is 72.8 cm³/mol. The molecular weight excluding hydrogens is 232 g/mol. The normalized spacial score (nSPS) is 21.4. The Kier molecular flexibility index (Phi) is 4.10. The summed E-state index contributed by atoms with van der Waals surface area (Å²) < 4.78 is 0. The van der Waals surface area contributed by atoms with E-state index in [1.165, 1.54) is 5.56 Å². The molecule has 1 heterocycles. The standard InChI is InChI=1S/C13H18N2OS/c14-13(17)11-5-3-10(4-6-11)8-15-7-1-2-12(16)9-15/h3-6,12,16H,1-2,7-9H2,(H2,14,17). The first-order valence-electron chi connectivity index (χ1n) is 5.94. The van der Waals surface area contributed by atoms with Gasteiger partial charge in [-0.25, -0.2) is 0 Å². The van der Waals surface area contributed by atoms with E-state index in [4.69, 9.17) is 18.0 Å². The third kappa shape index (κ3) is 3.49. The highest BCUT2D eigenvalue weighted by molar-refractivity contribution is 7.80. The van der Waals surface area contributed by atoms with Crippen LogP contribution in [0.15, 0.2) is 24.3 Å². The second-order valence-electron chi connectivity index (χ2n) is 4.59. The Labute approximate surface area is 107 Å². The minimum absolute atomic E-state index is 0.167. The highest BCUT2D eigenvalue weighted by Gasteiger charge is 2.17. The molecule has 0 bridgehead atoms. The van der Waals surface area contributed by atoms with Crippen molar-refractivity contribution < 1.29 is 5.11 Å². The first-order valence-corrected chi connectivity index (χ1v) is 6.35. The fourth-order valence-corrected chi connectivity index (χ4v) is 2.34. The van der Waals surface area contributed by atoms with Crippen LogP contribution in [-0.4, -0.2) is 34.2 Å². The number of nitrogens with two attached hydrogens (primary N) is 1. The van der Waals surface area contributed by atoms with Crippen LogP contribution in [0.3, 0.4) is 0 Å². The minimum atomic E-state index is -0.167. The Hall–Kier alpha value is -0.970. The van der Waals surface area contributed by atoms with Gasteiger partial charge in [0.2, 0.25) is 0 Å². The van der Waals surface area contributed by atoms with Gasteiger partial charge in [-0.3, -0.25) is 4.90 Å². The van der Waals surface area contributed by atoms with Gasteiger partial charge in [-0.05, 0) is 24.9 Å². The third-order valence-electron chi connectivity index (χ3n) is 3.13. The fraction of sp³-hybridized carbons (Fsp3) is 0.462. The van der Waals surface area contributed by atoms with Crippen molar-refractivity contribution in [3.05, 3.63) is 35.4 Å². The Bertz CT molecular complexity index is 391. The molecule has 17 heavy (non-hydrogen) atoms. The lowest BCUT2D eigenvalue weighted by atomic mass is 10.1. The van der Waals surface area contributed by atoms with E-state index in [9.17, 15) is 5.11 Å². The van der Waals surface area contributed by atoms with Crippen molar-refractivity contribution >= 4 is 17.2 Å². The summed E-state index contributed by atoms with van der Waals surface area (Å²) in [6, 6.07) is 8.01. The summed E-state index contributed by atoms with van der Waals surface area (Å²) in [5, 5.41) is 9.60. The van der Waals surface area contributed by atoms with E-state index in [1.807, 2.05) is 12.1 Å². The maximum atomic E-state index is 9.60. The topological polar surface area (TPSA) is 49.5 Å². The van der Waals surface area contributed by atoms with E-state index < -0.39 is 0 Å². The van der Waals surface area contributed by atoms with E-state index >= 15 is 0 Å². The molecule has 92 valence electrons. The fourth-order valence-electron chi connectivity index (χ4n) is 2.21. The largest absolute Gasteiger partial charge is 0.392 e. The average molecular weight is 250 g/mol. The van der Waals surface area contributed by atoms with Crippen LogP contribution in [0.4, 0.5) is 0 Å².